The summed E-state index contributed by atoms with van der Waals surface area (Å²) in [4.78, 5) is 25.9. The van der Waals surface area contributed by atoms with Crippen LogP contribution < -0.4 is 5.32 Å². The molecule has 3 aromatic carbocycles. The molecule has 0 aliphatic carbocycles. The molecule has 1 aliphatic heterocycles. The molecule has 0 bridgehead atoms. The van der Waals surface area contributed by atoms with E-state index in [-0.39, 0.29) is 29.2 Å². The van der Waals surface area contributed by atoms with Crippen molar-refractivity contribution in [2.75, 3.05) is 0 Å². The number of sulfonamides is 1. The van der Waals surface area contributed by atoms with Gasteiger partial charge in [0, 0.05) is 15.6 Å². The maximum Gasteiger partial charge on any atom is 0.326 e. The van der Waals surface area contributed by atoms with Crippen LogP contribution in [0.2, 0.25) is 10.0 Å². The van der Waals surface area contributed by atoms with Gasteiger partial charge in [-0.3, -0.25) is 4.79 Å². The second-order valence-corrected chi connectivity index (χ2v) is 303. The first-order valence-electron chi connectivity index (χ1n) is 30.0. The summed E-state index contributed by atoms with van der Waals surface area (Å²) in [5.41, 5.74) is 1.85. The van der Waals surface area contributed by atoms with Gasteiger partial charge in [-0.1, -0.05) is 92.6 Å². The van der Waals surface area contributed by atoms with E-state index in [2.05, 4.69) is 282 Å². The van der Waals surface area contributed by atoms with Gasteiger partial charge >= 0.3 is 5.97 Å². The molecule has 38 unspecified atom stereocenters. The molecule has 0 aromatic heterocycles. The van der Waals surface area contributed by atoms with E-state index in [4.69, 9.17) is 76.2 Å². The molecular formula is C31H94B7Cl2N2O5P67S. The van der Waals surface area contributed by atoms with Crippen LogP contribution in [0.15, 0.2) is 89.3 Å². The lowest BCUT2D eigenvalue weighted by Crippen LogP contribution is -2.47. The summed E-state index contributed by atoms with van der Waals surface area (Å²) in [6.45, 7) is -12.5. The van der Waals surface area contributed by atoms with Crippen molar-refractivity contribution in [3.63, 3.8) is 0 Å². The van der Waals surface area contributed by atoms with Crippen molar-refractivity contribution in [2.24, 2.45) is 5.92 Å². The van der Waals surface area contributed by atoms with Crippen LogP contribution in [0.25, 0.3) is 0 Å². The van der Waals surface area contributed by atoms with Crippen molar-refractivity contribution in [2.45, 2.75) is 56.6 Å². The van der Waals surface area contributed by atoms with Gasteiger partial charge in [-0.15, -0.1) is 284 Å². The molecule has 0 saturated carbocycles. The third kappa shape index (κ3) is 42.7. The van der Waals surface area contributed by atoms with E-state index in [1.165, 1.54) is 4.31 Å². The number of carbonyl (C=O) groups is 2. The maximum atomic E-state index is 14.6. The Labute approximate surface area is 822 Å². The number of hydrogen-bond acceptors (Lipinski definition) is 4. The Morgan fingerprint density at radius 3 is 1.03 bits per heavy atom. The molecule has 4 rings (SSSR count). The molecule has 115 heavy (non-hydrogen) atoms. The summed E-state index contributed by atoms with van der Waals surface area (Å²) in [6.07, 6.45) is 2.08. The van der Waals surface area contributed by atoms with Crippen LogP contribution in [0.1, 0.15) is 55.5 Å². The molecule has 0 saturated heterocycles. The minimum Gasteiger partial charge on any atom is -0.480 e. The fourth-order valence-electron chi connectivity index (χ4n) is 9.65. The molecular weight excluding hydrogens is 2730 g/mol. The predicted octanol–water partition coefficient (Wildman–Crippen LogP) is 45.2. The number of amides is 1. The SMILES string of the molecule is Cc1ccccc1S(=O)(=O)N1C(c2ccc(Cl)cc2)CC=C(C(=O)N[C@@H](CC(C)C)C(=O)O)[C@@H]1c1cccc(Cl)c1.[B]P([B])P(P([B])[B])P(P(P)P)P(P(P(P([B])[B])P([B])P)P(P(P)P)P(P)P)P(P(P(P(P)P)P(P)P)P(P(P)P)P(P)P)P(P(P(P(P)P)P(P)P)P(P(P)P)P(P)P)P(P(P(P)P)P(P)P)P(P(P)P)P(P)P. The van der Waals surface area contributed by atoms with Crippen molar-refractivity contribution in [3.8, 4) is 0 Å². The van der Waals surface area contributed by atoms with Gasteiger partial charge in [-0.25, -0.2) is 13.2 Å². The molecule has 1 aliphatic rings. The summed E-state index contributed by atoms with van der Waals surface area (Å²) < 4.78 is 30.5. The highest BCUT2D eigenvalue weighted by Crippen LogP contribution is 3.50. The van der Waals surface area contributed by atoms with E-state index in [1.54, 1.807) is 85.8 Å². The second-order valence-electron chi connectivity index (χ2n) is 22.3. The number of hydrogen-bond donors (Lipinski definition) is 2. The number of carbonyl (C=O) groups excluding carboxylic acids is 1. The minimum absolute atomic E-state index is 0.00711. The van der Waals surface area contributed by atoms with Crippen molar-refractivity contribution >= 4 is 628 Å². The van der Waals surface area contributed by atoms with Gasteiger partial charge in [0.25, 0.3) is 0 Å². The first-order valence-corrected chi connectivity index (χ1v) is 156. The summed E-state index contributed by atoms with van der Waals surface area (Å²) >= 11 is 12.5. The van der Waals surface area contributed by atoms with Crippen LogP contribution in [-0.2, 0) is 19.6 Å². The Morgan fingerprint density at radius 1 is 0.426 bits per heavy atom. The van der Waals surface area contributed by atoms with Crippen molar-refractivity contribution in [1.29, 1.82) is 0 Å². The van der Waals surface area contributed by atoms with Crippen LogP contribution in [0.3, 0.4) is 0 Å². The average Bonchev–Trinajstić information content (AvgIpc) is 0.717. The number of carboxylic acid groups (broad SMARTS) is 1. The number of aryl methyl sites for hydroxylation is 1. The highest BCUT2D eigenvalue weighted by Gasteiger charge is 2.64. The molecule has 634 valence electrons. The van der Waals surface area contributed by atoms with Gasteiger partial charge in [-0.05, 0) is 289 Å². The van der Waals surface area contributed by atoms with E-state index in [0.29, 0.717) is 26.7 Å². The van der Waals surface area contributed by atoms with Crippen molar-refractivity contribution in [3.05, 3.63) is 111 Å². The quantitative estimate of drug-likeness (QED) is 0.0434. The molecule has 84 heteroatoms. The zero-order valence-corrected chi connectivity index (χ0v) is 131. The average molecular weight is 2830 g/mol. The Morgan fingerprint density at radius 2 is 0.739 bits per heavy atom. The highest BCUT2D eigenvalue weighted by molar-refractivity contribution is 9.56. The van der Waals surface area contributed by atoms with Gasteiger partial charge in [-0.2, -0.15) is 26.4 Å². The smallest absolute Gasteiger partial charge is 0.326 e. The molecule has 14 radical (unpaired) electrons. The van der Waals surface area contributed by atoms with Crippen LogP contribution in [0, 0.1) is 12.8 Å². The molecule has 1 amide bonds. The fraction of sp³-hybridized carbons (Fsp3) is 0.290. The molecule has 1 heterocycles. The highest BCUT2D eigenvalue weighted by atomic mass is 35.5. The number of nitrogens with one attached hydrogen (secondary N) is 1. The van der Waals surface area contributed by atoms with Crippen molar-refractivity contribution in [1.82, 2.24) is 9.62 Å². The number of aliphatic carboxylic acids is 1. The Hall–Kier alpha value is 26.1. The summed E-state index contributed by atoms with van der Waals surface area (Å²) in [6, 6.07) is 17.4. The zero-order valence-electron chi connectivity index (χ0n) is 61.0. The van der Waals surface area contributed by atoms with E-state index in [0.717, 1.165) is 0 Å². The van der Waals surface area contributed by atoms with Gasteiger partial charge in [0.05, 0.1) is 17.0 Å². The molecule has 0 fully saturated rings. The Bertz CT molecular complexity index is 3390. The first kappa shape index (κ1) is 135. The van der Waals surface area contributed by atoms with E-state index in [1.807, 2.05) is 13.8 Å². The van der Waals surface area contributed by atoms with Crippen LogP contribution in [0.4, 0.5) is 0 Å². The Kier molecular flexibility index (Phi) is 81.2. The number of carboxylic acids is 1. The minimum atomic E-state index is -4.22. The Balaban J connectivity index is 0.000000695. The lowest BCUT2D eigenvalue weighted by atomic mass is 9.88. The molecule has 0 spiro atoms. The summed E-state index contributed by atoms with van der Waals surface area (Å²) in [5, 5.41) is 13.3. The number of benzene rings is 3. The third-order valence-corrected chi connectivity index (χ3v) is 496. The first-order chi connectivity index (χ1) is 53.0. The van der Waals surface area contributed by atoms with Crippen molar-refractivity contribution < 1.29 is 23.1 Å². The van der Waals surface area contributed by atoms with Gasteiger partial charge in [0.15, 0.2) is 0 Å². The molecule has 40 atom stereocenters. The third-order valence-electron chi connectivity index (χ3n) is 13.5. The van der Waals surface area contributed by atoms with Crippen LogP contribution in [-0.4, -0.2) is 88.7 Å². The van der Waals surface area contributed by atoms with Gasteiger partial charge in [0.2, 0.25) is 15.9 Å². The molecule has 2 N–H and O–H groups in total. The lowest BCUT2D eigenvalue weighted by Gasteiger charge is -2.62. The molecule has 7 nitrogen and oxygen atoms in total. The van der Waals surface area contributed by atoms with Gasteiger partial charge in [0.1, 0.15) is 59.0 Å². The summed E-state index contributed by atoms with van der Waals surface area (Å²) in [7, 11) is 153. The standard InChI is InChI=1S/C31H32Cl2N2O5S.B7H62P67/c1-19(2)17-26(31(37)38)34-30(36)25-15-16-27(21-11-13-23(32)14-12-21)35(29(25)22-8-6-9-24(33)18-22)41(39,40)28-10-5-4-7-20(28)3;1-39(2)58(40(3)4)67(57(37)38)72(68(59(41(5)6)42(7)8)60(43(9)10)44(11)12)74(71(65(53(29)30)54(31)32)66(55(33)34)56(35)36)73(69(61(45(13)14)46(15)16)62(47(17)18)48(19)20)70(63(49(21)22)50(23)24)64(51(25)26)52(27)28/h4-15,18-19,26-27,29H,16-17H2,1-3H3,(H,34,36)(H,37,38);8-38H2/t26-,27?,29-;/m0./s1. The number of nitrogens with zero attached hydrogens (tertiary/aromatic N) is 1. The summed E-state index contributed by atoms with van der Waals surface area (Å²) in [5.74, 6) is -1.80. The predicted molar refractivity (Wildman–Crippen MR) is 751 cm³/mol. The monoisotopic (exact) mass is 2830 g/mol. The normalized spacial score (nSPS) is 17.4. The van der Waals surface area contributed by atoms with E-state index in [9.17, 15) is 23.1 Å². The van der Waals surface area contributed by atoms with E-state index >= 15 is 0 Å². The van der Waals surface area contributed by atoms with Crippen LogP contribution >= 0.6 is 553 Å². The topological polar surface area (TPSA) is 104 Å². The number of halogens is 2. The maximum absolute atomic E-state index is 14.6. The van der Waals surface area contributed by atoms with Gasteiger partial charge < -0.3 is 10.4 Å². The zero-order chi connectivity index (χ0) is 88.7. The second kappa shape index (κ2) is 69.1. The van der Waals surface area contributed by atoms with E-state index < -0.39 is 293 Å². The fourth-order valence-corrected chi connectivity index (χ4v) is 999. The lowest BCUT2D eigenvalue weighted by molar-refractivity contribution is -0.141. The largest absolute Gasteiger partial charge is 0.480 e. The number of rotatable bonds is 44. The van der Waals surface area contributed by atoms with Crippen LogP contribution in [0.5, 0.6) is 0 Å². The molecule has 3 aromatic rings.